The zero-order chi connectivity index (χ0) is 20.0. The molecule has 3 N–H and O–H groups in total. The summed E-state index contributed by atoms with van der Waals surface area (Å²) in [5.41, 5.74) is 3.89. The predicted octanol–water partition coefficient (Wildman–Crippen LogP) is 3.10. The Morgan fingerprint density at radius 3 is 2.60 bits per heavy atom. The highest BCUT2D eigenvalue weighted by molar-refractivity contribution is 5.85. The summed E-state index contributed by atoms with van der Waals surface area (Å²) < 4.78 is 0. The third-order valence-corrected chi connectivity index (χ3v) is 7.72. The van der Waals surface area contributed by atoms with Crippen molar-refractivity contribution in [2.75, 3.05) is 13.6 Å². The Hall–Kier alpha value is -2.34. The van der Waals surface area contributed by atoms with Gasteiger partial charge in [-0.1, -0.05) is 6.07 Å². The topological polar surface area (TPSA) is 76.8 Å². The number of halogens is 1. The second-order valence-corrected chi connectivity index (χ2v) is 9.12. The van der Waals surface area contributed by atoms with Crippen LogP contribution in [0.2, 0.25) is 0 Å². The number of piperidine rings is 1. The van der Waals surface area contributed by atoms with Crippen LogP contribution in [-0.2, 0) is 24.7 Å². The van der Waals surface area contributed by atoms with Gasteiger partial charge in [-0.15, -0.1) is 12.4 Å². The number of rotatable bonds is 0. The number of aliphatic hydroxyl groups is 1. The van der Waals surface area contributed by atoms with Crippen LogP contribution in [-0.4, -0.2) is 50.4 Å². The van der Waals surface area contributed by atoms with Gasteiger partial charge < -0.3 is 20.2 Å². The second-order valence-electron chi connectivity index (χ2n) is 9.12. The van der Waals surface area contributed by atoms with Gasteiger partial charge in [0.15, 0.2) is 0 Å². The maximum absolute atomic E-state index is 12.2. The summed E-state index contributed by atoms with van der Waals surface area (Å²) >= 11 is 0. The molecule has 3 atom stereocenters. The number of likely N-dealkylation sites (N-methyl/N-ethyl adjacent to an activating group) is 1. The Balaban J connectivity index is 0.00000193. The van der Waals surface area contributed by atoms with Gasteiger partial charge in [0.05, 0.1) is 11.1 Å². The van der Waals surface area contributed by atoms with Crippen LogP contribution in [0, 0.1) is 0 Å². The van der Waals surface area contributed by atoms with E-state index in [1.54, 1.807) is 18.2 Å². The Morgan fingerprint density at radius 1 is 1.00 bits per heavy atom. The Bertz CT molecular complexity index is 1180. The summed E-state index contributed by atoms with van der Waals surface area (Å²) in [7, 11) is 2.10. The quantitative estimate of drug-likeness (QED) is 0.517. The van der Waals surface area contributed by atoms with Crippen molar-refractivity contribution >= 4 is 23.3 Å². The molecule has 2 aromatic carbocycles. The zero-order valence-electron chi connectivity index (χ0n) is 16.8. The molecule has 6 heteroatoms. The van der Waals surface area contributed by atoms with E-state index >= 15 is 0 Å². The first-order chi connectivity index (χ1) is 13.9. The molecule has 1 aromatic heterocycles. The van der Waals surface area contributed by atoms with Crippen molar-refractivity contribution in [3.8, 4) is 11.5 Å². The molecule has 6 rings (SSSR count). The zero-order valence-corrected chi connectivity index (χ0v) is 17.6. The average molecular weight is 425 g/mol. The highest BCUT2D eigenvalue weighted by Crippen LogP contribution is 2.57. The van der Waals surface area contributed by atoms with E-state index in [-0.39, 0.29) is 29.9 Å². The number of fused-ring (bicyclic) bond motifs is 3. The van der Waals surface area contributed by atoms with Crippen molar-refractivity contribution in [2.24, 2.45) is 0 Å². The molecule has 2 bridgehead atoms. The molecule has 0 spiro atoms. The number of phenols is 2. The van der Waals surface area contributed by atoms with Crippen LogP contribution in [0.15, 0.2) is 42.5 Å². The largest absolute Gasteiger partial charge is 0.508 e. The minimum absolute atomic E-state index is 0. The first kappa shape index (κ1) is 19.6. The number of likely N-dealkylation sites (tertiary alicyclic amines) is 1. The van der Waals surface area contributed by atoms with Crippen LogP contribution < -0.4 is 0 Å². The van der Waals surface area contributed by atoms with Crippen LogP contribution in [0.3, 0.4) is 0 Å². The van der Waals surface area contributed by atoms with Gasteiger partial charge in [-0.25, -0.2) is 0 Å². The molecule has 156 valence electrons. The molecule has 3 aromatic rings. The number of pyridine rings is 1. The number of hydrogen-bond acceptors (Lipinski definition) is 5. The van der Waals surface area contributed by atoms with Crippen LogP contribution in [0.4, 0.5) is 0 Å². The third-order valence-electron chi connectivity index (χ3n) is 7.72. The molecular weight excluding hydrogens is 400 g/mol. The highest BCUT2D eigenvalue weighted by Gasteiger charge is 2.64. The molecule has 30 heavy (non-hydrogen) atoms. The highest BCUT2D eigenvalue weighted by atomic mass is 35.5. The van der Waals surface area contributed by atoms with Crippen molar-refractivity contribution in [1.29, 1.82) is 0 Å². The molecule has 0 radical (unpaired) electrons. The van der Waals surface area contributed by atoms with Gasteiger partial charge in [0.25, 0.3) is 0 Å². The molecule has 1 aliphatic heterocycles. The van der Waals surface area contributed by atoms with Gasteiger partial charge in [0, 0.05) is 35.4 Å². The lowest BCUT2D eigenvalue weighted by Crippen LogP contribution is -2.73. The third kappa shape index (κ3) is 2.40. The van der Waals surface area contributed by atoms with E-state index in [0.717, 1.165) is 47.1 Å². The molecule has 1 saturated heterocycles. The van der Waals surface area contributed by atoms with E-state index in [0.29, 0.717) is 12.8 Å². The summed E-state index contributed by atoms with van der Waals surface area (Å²) in [6.07, 6.45) is 2.81. The minimum atomic E-state index is -0.917. The fraction of sp³-hybridized carbons (Fsp3) is 0.375. The summed E-state index contributed by atoms with van der Waals surface area (Å²) in [6.45, 7) is 0.916. The van der Waals surface area contributed by atoms with Crippen LogP contribution in [0.5, 0.6) is 11.5 Å². The van der Waals surface area contributed by atoms with E-state index in [1.807, 2.05) is 18.2 Å². The fourth-order valence-corrected chi connectivity index (χ4v) is 6.27. The summed E-state index contributed by atoms with van der Waals surface area (Å²) in [4.78, 5) is 7.23. The van der Waals surface area contributed by atoms with Gasteiger partial charge in [0.2, 0.25) is 0 Å². The van der Waals surface area contributed by atoms with Crippen LogP contribution in [0.25, 0.3) is 10.9 Å². The van der Waals surface area contributed by atoms with Crippen molar-refractivity contribution in [3.05, 3.63) is 64.8 Å². The molecule has 1 fully saturated rings. The van der Waals surface area contributed by atoms with E-state index in [9.17, 15) is 15.3 Å². The van der Waals surface area contributed by atoms with E-state index in [4.69, 9.17) is 4.98 Å². The van der Waals surface area contributed by atoms with Gasteiger partial charge in [-0.05, 0) is 79.5 Å². The van der Waals surface area contributed by atoms with Crippen LogP contribution >= 0.6 is 12.4 Å². The number of aromatic hydroxyl groups is 2. The standard InChI is InChI=1S/C24H24N2O3.ClH/c1-26-7-6-23-13-21-16(8-15-9-17(27)4-5-20(15)25-21)12-24(23,29)22(26)10-14-2-3-18(28)11-19(14)23;/h2-5,8-9,11,22,27-29H,6-7,10,12-13H2,1H3;1H/t22-,23-,24-;/m1./s1. The predicted molar refractivity (Wildman–Crippen MR) is 118 cm³/mol. The van der Waals surface area contributed by atoms with Gasteiger partial charge in [-0.2, -0.15) is 0 Å². The van der Waals surface area contributed by atoms with Crippen molar-refractivity contribution in [3.63, 3.8) is 0 Å². The Morgan fingerprint density at radius 2 is 1.77 bits per heavy atom. The van der Waals surface area contributed by atoms with Gasteiger partial charge in [0.1, 0.15) is 11.5 Å². The molecule has 0 unspecified atom stereocenters. The SMILES string of the molecule is CN1CC[C@]23Cc4nc5ccc(O)cc5cc4C[C@@]2(O)[C@H]1Cc1ccc(O)cc13.Cl. The monoisotopic (exact) mass is 424 g/mol. The molecular formula is C24H25ClN2O3. The fourth-order valence-electron chi connectivity index (χ4n) is 6.27. The number of phenolic OH excluding ortho intramolecular Hbond substituents is 2. The van der Waals surface area contributed by atoms with E-state index < -0.39 is 11.0 Å². The van der Waals surface area contributed by atoms with Gasteiger partial charge in [-0.3, -0.25) is 4.98 Å². The molecule has 3 aliphatic rings. The number of nitrogens with zero attached hydrogens (tertiary/aromatic N) is 2. The maximum Gasteiger partial charge on any atom is 0.116 e. The Labute approximate surface area is 181 Å². The summed E-state index contributed by atoms with van der Waals surface area (Å²) in [5, 5.41) is 33.2. The number of benzene rings is 2. The second kappa shape index (κ2) is 6.33. The minimum Gasteiger partial charge on any atom is -0.508 e. The summed E-state index contributed by atoms with van der Waals surface area (Å²) in [5.74, 6) is 0.481. The molecule has 5 nitrogen and oxygen atoms in total. The van der Waals surface area contributed by atoms with Crippen molar-refractivity contribution in [1.82, 2.24) is 9.88 Å². The number of aromatic nitrogens is 1. The maximum atomic E-state index is 12.2. The van der Waals surface area contributed by atoms with Gasteiger partial charge >= 0.3 is 0 Å². The normalized spacial score (nSPS) is 29.5. The van der Waals surface area contributed by atoms with E-state index in [2.05, 4.69) is 18.0 Å². The van der Waals surface area contributed by atoms with Crippen LogP contribution in [0.1, 0.15) is 28.8 Å². The smallest absolute Gasteiger partial charge is 0.116 e. The first-order valence-electron chi connectivity index (χ1n) is 10.3. The lowest BCUT2D eigenvalue weighted by atomic mass is 9.49. The van der Waals surface area contributed by atoms with Crippen molar-refractivity contribution in [2.45, 2.75) is 42.7 Å². The first-order valence-corrected chi connectivity index (χ1v) is 10.3. The molecule has 0 amide bonds. The average Bonchev–Trinajstić information content (AvgIpc) is 2.68. The van der Waals surface area contributed by atoms with E-state index in [1.165, 1.54) is 5.56 Å². The summed E-state index contributed by atoms with van der Waals surface area (Å²) in [6, 6.07) is 13.0. The van der Waals surface area contributed by atoms with Crippen molar-refractivity contribution < 1.29 is 15.3 Å². The molecule has 2 aliphatic carbocycles. The lowest BCUT2D eigenvalue weighted by Gasteiger charge is -2.63. The lowest BCUT2D eigenvalue weighted by molar-refractivity contribution is -0.145. The Kier molecular flexibility index (Phi) is 4.14. The number of hydrogen-bond donors (Lipinski definition) is 3. The molecule has 0 saturated carbocycles. The molecule has 2 heterocycles.